The summed E-state index contributed by atoms with van der Waals surface area (Å²) in [7, 11) is 0. The molecule has 32 heavy (non-hydrogen) atoms. The van der Waals surface area contributed by atoms with E-state index in [-0.39, 0.29) is 23.8 Å². The third-order valence-electron chi connectivity index (χ3n) is 5.32. The summed E-state index contributed by atoms with van der Waals surface area (Å²) in [5.74, 6) is -0.445. The number of ether oxygens (including phenoxy) is 1. The van der Waals surface area contributed by atoms with E-state index in [0.29, 0.717) is 17.1 Å². The number of carbonyl (C=O) groups excluding carboxylic acids is 2. The van der Waals surface area contributed by atoms with Crippen LogP contribution in [0.25, 0.3) is 0 Å². The van der Waals surface area contributed by atoms with Gasteiger partial charge in [-0.25, -0.2) is 0 Å². The van der Waals surface area contributed by atoms with Gasteiger partial charge in [0.15, 0.2) is 11.5 Å². The van der Waals surface area contributed by atoms with E-state index in [4.69, 9.17) is 4.74 Å². The normalized spacial score (nSPS) is 16.0. The molecule has 162 valence electrons. The molecule has 6 heteroatoms. The summed E-state index contributed by atoms with van der Waals surface area (Å²) in [5.41, 5.74) is 1.60. The zero-order chi connectivity index (χ0) is 22.7. The van der Waals surface area contributed by atoms with Gasteiger partial charge in [0.05, 0.1) is 11.6 Å². The molecule has 1 N–H and O–H groups in total. The number of benzene rings is 2. The number of carbonyl (C=O) groups is 2. The molecule has 1 atom stereocenters. The third-order valence-corrected chi connectivity index (χ3v) is 5.32. The predicted molar refractivity (Wildman–Crippen MR) is 120 cm³/mol. The fraction of sp³-hybridized carbons (Fsp3) is 0.192. The van der Waals surface area contributed by atoms with Crippen LogP contribution in [0.3, 0.4) is 0 Å². The van der Waals surface area contributed by atoms with Gasteiger partial charge in [-0.3, -0.25) is 14.6 Å². The largest absolute Gasteiger partial charge is 0.503 e. The Morgan fingerprint density at radius 3 is 2.50 bits per heavy atom. The average Bonchev–Trinajstić information content (AvgIpc) is 3.05. The van der Waals surface area contributed by atoms with E-state index < -0.39 is 17.7 Å². The molecule has 0 spiro atoms. The molecule has 4 rings (SSSR count). The molecule has 1 aromatic heterocycles. The van der Waals surface area contributed by atoms with Gasteiger partial charge < -0.3 is 14.7 Å². The summed E-state index contributed by atoms with van der Waals surface area (Å²) in [6.45, 7) is 3.71. The summed E-state index contributed by atoms with van der Waals surface area (Å²) in [4.78, 5) is 31.7. The lowest BCUT2D eigenvalue weighted by Crippen LogP contribution is -2.31. The fourth-order valence-corrected chi connectivity index (χ4v) is 3.79. The number of aromatic nitrogens is 1. The Morgan fingerprint density at radius 1 is 1.06 bits per heavy atom. The number of hydrogen-bond acceptors (Lipinski definition) is 5. The van der Waals surface area contributed by atoms with E-state index in [1.165, 1.54) is 4.90 Å². The number of nitrogens with zero attached hydrogens (tertiary/aromatic N) is 2. The molecular weight excluding hydrogens is 404 g/mol. The van der Waals surface area contributed by atoms with Gasteiger partial charge in [-0.2, -0.15) is 0 Å². The quantitative estimate of drug-likeness (QED) is 0.573. The van der Waals surface area contributed by atoms with Crippen molar-refractivity contribution in [3.63, 3.8) is 0 Å². The van der Waals surface area contributed by atoms with Gasteiger partial charge in [-0.15, -0.1) is 0 Å². The van der Waals surface area contributed by atoms with Gasteiger partial charge in [0.25, 0.3) is 5.91 Å². The fourth-order valence-electron chi connectivity index (χ4n) is 3.79. The second-order valence-corrected chi connectivity index (χ2v) is 7.97. The van der Waals surface area contributed by atoms with Crippen LogP contribution in [0, 0.1) is 5.92 Å². The van der Waals surface area contributed by atoms with Gasteiger partial charge in [-0.1, -0.05) is 50.2 Å². The van der Waals surface area contributed by atoms with Crippen LogP contribution >= 0.6 is 0 Å². The molecular formula is C26H24N2O4. The van der Waals surface area contributed by atoms with Crippen LogP contribution in [-0.2, 0) is 16.1 Å². The van der Waals surface area contributed by atoms with E-state index >= 15 is 0 Å². The summed E-state index contributed by atoms with van der Waals surface area (Å²) in [5, 5.41) is 10.7. The summed E-state index contributed by atoms with van der Waals surface area (Å²) in [6.07, 6.45) is 3.32. The first kappa shape index (κ1) is 21.3. The highest BCUT2D eigenvalue weighted by atomic mass is 16.5. The number of amides is 1. The Hall–Kier alpha value is -3.93. The van der Waals surface area contributed by atoms with E-state index in [2.05, 4.69) is 4.98 Å². The minimum Gasteiger partial charge on any atom is -0.503 e. The van der Waals surface area contributed by atoms with Crippen molar-refractivity contribution < 1.29 is 19.4 Å². The molecule has 0 fully saturated rings. The zero-order valence-corrected chi connectivity index (χ0v) is 17.9. The minimum atomic E-state index is -0.725. The lowest BCUT2D eigenvalue weighted by atomic mass is 9.91. The SMILES string of the molecule is CC(C)C(=O)C1=C(O)C(=O)N(Cc2cccnc2)C1c1cccc(Oc2ccccc2)c1. The summed E-state index contributed by atoms with van der Waals surface area (Å²) < 4.78 is 5.95. The number of pyridine rings is 1. The van der Waals surface area contributed by atoms with Crippen molar-refractivity contribution in [2.24, 2.45) is 5.92 Å². The molecule has 0 aliphatic carbocycles. The topological polar surface area (TPSA) is 79.7 Å². The molecule has 2 heterocycles. The lowest BCUT2D eigenvalue weighted by molar-refractivity contribution is -0.130. The molecule has 0 radical (unpaired) electrons. The van der Waals surface area contributed by atoms with Crippen molar-refractivity contribution in [2.75, 3.05) is 0 Å². The highest BCUT2D eigenvalue weighted by Gasteiger charge is 2.44. The van der Waals surface area contributed by atoms with Crippen LogP contribution in [0.2, 0.25) is 0 Å². The van der Waals surface area contributed by atoms with Crippen LogP contribution in [0.5, 0.6) is 11.5 Å². The maximum Gasteiger partial charge on any atom is 0.290 e. The van der Waals surface area contributed by atoms with E-state index in [9.17, 15) is 14.7 Å². The molecule has 1 unspecified atom stereocenters. The smallest absolute Gasteiger partial charge is 0.290 e. The Morgan fingerprint density at radius 2 is 1.81 bits per heavy atom. The van der Waals surface area contributed by atoms with Crippen LogP contribution in [-0.4, -0.2) is 26.7 Å². The van der Waals surface area contributed by atoms with Crippen molar-refractivity contribution >= 4 is 11.7 Å². The highest BCUT2D eigenvalue weighted by Crippen LogP contribution is 2.41. The number of aliphatic hydroxyl groups is 1. The van der Waals surface area contributed by atoms with Gasteiger partial charge in [0.2, 0.25) is 0 Å². The Labute approximate surface area is 186 Å². The van der Waals surface area contributed by atoms with Gasteiger partial charge >= 0.3 is 0 Å². The van der Waals surface area contributed by atoms with Crippen molar-refractivity contribution in [1.82, 2.24) is 9.88 Å². The molecule has 0 bridgehead atoms. The minimum absolute atomic E-state index is 0.116. The van der Waals surface area contributed by atoms with E-state index in [0.717, 1.165) is 5.56 Å². The molecule has 2 aromatic carbocycles. The number of rotatable bonds is 7. The molecule has 0 saturated heterocycles. The Balaban J connectivity index is 1.75. The standard InChI is InChI=1S/C26H24N2O4/c1-17(2)24(29)22-23(28(26(31)25(22)30)16-18-8-7-13-27-15-18)19-9-6-12-21(14-19)32-20-10-4-3-5-11-20/h3-15,17,23,30H,16H2,1-2H3. The van der Waals surface area contributed by atoms with Gasteiger partial charge in [0, 0.05) is 24.9 Å². The van der Waals surface area contributed by atoms with Crippen LogP contribution < -0.4 is 4.74 Å². The van der Waals surface area contributed by atoms with Crippen molar-refractivity contribution in [2.45, 2.75) is 26.4 Å². The maximum absolute atomic E-state index is 13.0. The van der Waals surface area contributed by atoms with Gasteiger partial charge in [0.1, 0.15) is 11.5 Å². The Bertz CT molecular complexity index is 1160. The first-order valence-electron chi connectivity index (χ1n) is 10.5. The highest BCUT2D eigenvalue weighted by molar-refractivity contribution is 6.09. The number of ketones is 1. The van der Waals surface area contributed by atoms with E-state index in [1.807, 2.05) is 54.6 Å². The van der Waals surface area contributed by atoms with Crippen molar-refractivity contribution in [1.29, 1.82) is 0 Å². The lowest BCUT2D eigenvalue weighted by Gasteiger charge is -2.27. The van der Waals surface area contributed by atoms with Crippen LogP contribution in [0.15, 0.2) is 90.5 Å². The molecule has 0 saturated carbocycles. The second kappa shape index (κ2) is 9.06. The van der Waals surface area contributed by atoms with Crippen molar-refractivity contribution in [3.05, 3.63) is 102 Å². The number of hydrogen-bond donors (Lipinski definition) is 1. The van der Waals surface area contributed by atoms with Crippen LogP contribution in [0.1, 0.15) is 31.0 Å². The summed E-state index contributed by atoms with van der Waals surface area (Å²) >= 11 is 0. The number of aliphatic hydroxyl groups excluding tert-OH is 1. The number of para-hydroxylation sites is 1. The Kier molecular flexibility index (Phi) is 6.03. The zero-order valence-electron chi connectivity index (χ0n) is 17.9. The molecule has 1 amide bonds. The predicted octanol–water partition coefficient (Wildman–Crippen LogP) is 4.99. The van der Waals surface area contributed by atoms with Crippen LogP contribution in [0.4, 0.5) is 0 Å². The van der Waals surface area contributed by atoms with E-state index in [1.54, 1.807) is 38.4 Å². The van der Waals surface area contributed by atoms with Gasteiger partial charge in [-0.05, 0) is 41.5 Å². The molecule has 3 aromatic rings. The van der Waals surface area contributed by atoms with Crippen molar-refractivity contribution in [3.8, 4) is 11.5 Å². The average molecular weight is 428 g/mol. The molecule has 1 aliphatic rings. The number of Topliss-reactive ketones (excluding diaryl/α,β-unsaturated/α-hetero) is 1. The molecule has 6 nitrogen and oxygen atoms in total. The monoisotopic (exact) mass is 428 g/mol. The second-order valence-electron chi connectivity index (χ2n) is 7.97. The third kappa shape index (κ3) is 4.25. The first-order valence-corrected chi connectivity index (χ1v) is 10.5. The molecule has 1 aliphatic heterocycles. The maximum atomic E-state index is 13.0. The summed E-state index contributed by atoms with van der Waals surface area (Å²) in [6, 6.07) is 19.5. The first-order chi connectivity index (χ1) is 15.5.